The molecule has 0 fully saturated rings. The summed E-state index contributed by atoms with van der Waals surface area (Å²) in [5, 5.41) is 13.9. The maximum Gasteiger partial charge on any atom is 0.172 e. The summed E-state index contributed by atoms with van der Waals surface area (Å²) in [6.45, 7) is -0.0359. The smallest absolute Gasteiger partial charge is 0.172 e. The van der Waals surface area contributed by atoms with Crippen LogP contribution < -0.4 is 0 Å². The van der Waals surface area contributed by atoms with Gasteiger partial charge in [-0.3, -0.25) is 4.39 Å². The molecule has 82 valence electrons. The maximum absolute atomic E-state index is 12.1. The Bertz CT molecular complexity index is 558. The van der Waals surface area contributed by atoms with Crippen LogP contribution in [0.25, 0.3) is 11.0 Å². The highest BCUT2D eigenvalue weighted by molar-refractivity contribution is 6.29. The highest BCUT2D eigenvalue weighted by Gasteiger charge is 2.11. The molecule has 0 saturated heterocycles. The summed E-state index contributed by atoms with van der Waals surface area (Å²) in [5.74, 6) is 0. The molecular formula is C10H8ClFN4. The molecule has 0 bridgehead atoms. The van der Waals surface area contributed by atoms with E-state index in [0.29, 0.717) is 29.2 Å². The molecule has 0 saturated carbocycles. The Morgan fingerprint density at radius 2 is 2.31 bits per heavy atom. The summed E-state index contributed by atoms with van der Waals surface area (Å²) >= 11 is 5.77. The first-order valence-electron chi connectivity index (χ1n) is 4.75. The molecule has 0 aromatic carbocycles. The molecule has 2 rings (SSSR count). The summed E-state index contributed by atoms with van der Waals surface area (Å²) < 4.78 is 13.6. The quantitative estimate of drug-likeness (QED) is 0.771. The van der Waals surface area contributed by atoms with E-state index in [0.717, 1.165) is 0 Å². The van der Waals surface area contributed by atoms with Gasteiger partial charge in [0.05, 0.1) is 12.1 Å². The number of alkyl halides is 1. The summed E-state index contributed by atoms with van der Waals surface area (Å²) in [6, 6.07) is 5.28. The lowest BCUT2D eigenvalue weighted by atomic mass is 10.3. The zero-order chi connectivity index (χ0) is 11.5. The minimum atomic E-state index is -0.427. The molecule has 16 heavy (non-hydrogen) atoms. The van der Waals surface area contributed by atoms with E-state index in [2.05, 4.69) is 10.1 Å². The molecule has 0 spiro atoms. The number of pyridine rings is 1. The number of halogens is 2. The number of hydrogen-bond acceptors (Lipinski definition) is 3. The predicted molar refractivity (Wildman–Crippen MR) is 57.8 cm³/mol. The average molecular weight is 239 g/mol. The fraction of sp³-hybridized carbons (Fsp3) is 0.300. The van der Waals surface area contributed by atoms with Crippen LogP contribution in [0.15, 0.2) is 12.1 Å². The molecule has 0 N–H and O–H groups in total. The van der Waals surface area contributed by atoms with E-state index in [-0.39, 0.29) is 5.69 Å². The van der Waals surface area contributed by atoms with E-state index in [9.17, 15) is 4.39 Å². The minimum Gasteiger partial charge on any atom is -0.251 e. The minimum absolute atomic E-state index is 0.290. The van der Waals surface area contributed by atoms with Crippen molar-refractivity contribution in [2.75, 3.05) is 6.67 Å². The molecule has 0 atom stereocenters. The number of aromatic nitrogens is 3. The zero-order valence-corrected chi connectivity index (χ0v) is 9.08. The van der Waals surface area contributed by atoms with Gasteiger partial charge in [0.15, 0.2) is 11.3 Å². The fourth-order valence-corrected chi connectivity index (χ4v) is 1.62. The molecule has 0 amide bonds. The van der Waals surface area contributed by atoms with E-state index in [1.54, 1.807) is 12.1 Å². The van der Waals surface area contributed by atoms with Crippen LogP contribution >= 0.6 is 11.6 Å². The molecule has 0 aliphatic carbocycles. The molecule has 2 aromatic rings. The normalized spacial score (nSPS) is 10.6. The first kappa shape index (κ1) is 10.8. The summed E-state index contributed by atoms with van der Waals surface area (Å²) in [6.07, 6.45) is 0.343. The van der Waals surface area contributed by atoms with Crippen molar-refractivity contribution in [3.63, 3.8) is 0 Å². The van der Waals surface area contributed by atoms with Crippen LogP contribution in [-0.4, -0.2) is 21.4 Å². The van der Waals surface area contributed by atoms with Crippen molar-refractivity contribution >= 4 is 22.6 Å². The van der Waals surface area contributed by atoms with Gasteiger partial charge in [-0.25, -0.2) is 9.67 Å². The van der Waals surface area contributed by atoms with Crippen LogP contribution in [0.1, 0.15) is 12.1 Å². The Morgan fingerprint density at radius 1 is 1.50 bits per heavy atom. The molecule has 0 aliphatic rings. The van der Waals surface area contributed by atoms with Crippen molar-refractivity contribution < 1.29 is 4.39 Å². The summed E-state index contributed by atoms with van der Waals surface area (Å²) in [7, 11) is 0. The number of nitrogens with zero attached hydrogens (tertiary/aromatic N) is 4. The highest BCUT2D eigenvalue weighted by atomic mass is 35.5. The van der Waals surface area contributed by atoms with Gasteiger partial charge in [-0.15, -0.1) is 0 Å². The van der Waals surface area contributed by atoms with Crippen molar-refractivity contribution in [1.29, 1.82) is 5.26 Å². The highest BCUT2D eigenvalue weighted by Crippen LogP contribution is 2.19. The van der Waals surface area contributed by atoms with Crippen LogP contribution in [0.4, 0.5) is 4.39 Å². The number of rotatable bonds is 3. The van der Waals surface area contributed by atoms with Crippen molar-refractivity contribution in [1.82, 2.24) is 14.8 Å². The Kier molecular flexibility index (Phi) is 3.02. The van der Waals surface area contributed by atoms with Gasteiger partial charge >= 0.3 is 0 Å². The van der Waals surface area contributed by atoms with Gasteiger partial charge in [-0.2, -0.15) is 10.4 Å². The first-order chi connectivity index (χ1) is 7.76. The number of fused-ring (bicyclic) bond motifs is 1. The molecule has 0 unspecified atom stereocenters. The average Bonchev–Trinajstić information content (AvgIpc) is 2.64. The van der Waals surface area contributed by atoms with Crippen molar-refractivity contribution in [2.45, 2.75) is 13.0 Å². The third-order valence-electron chi connectivity index (χ3n) is 2.17. The van der Waals surface area contributed by atoms with Gasteiger partial charge in [-0.05, 0) is 18.6 Å². The Labute approximate surface area is 96.3 Å². The zero-order valence-electron chi connectivity index (χ0n) is 8.32. The fourth-order valence-electron chi connectivity index (χ4n) is 1.48. The molecular weight excluding hydrogens is 231 g/mol. The molecule has 0 aliphatic heterocycles. The van der Waals surface area contributed by atoms with Crippen molar-refractivity contribution in [3.8, 4) is 6.07 Å². The second-order valence-electron chi connectivity index (χ2n) is 3.23. The SMILES string of the molecule is N#Cc1nn(CCCF)c2nc(Cl)ccc12. The standard InChI is InChI=1S/C10H8ClFN4/c11-9-3-2-7-8(6-13)15-16(5-1-4-12)10(7)14-9/h2-3H,1,4-5H2. The van der Waals surface area contributed by atoms with E-state index in [1.165, 1.54) is 4.68 Å². The maximum atomic E-state index is 12.1. The lowest BCUT2D eigenvalue weighted by Gasteiger charge is -1.99. The Morgan fingerprint density at radius 3 is 3.00 bits per heavy atom. The van der Waals surface area contributed by atoms with Gasteiger partial charge in [0.25, 0.3) is 0 Å². The van der Waals surface area contributed by atoms with Gasteiger partial charge in [0.1, 0.15) is 11.2 Å². The van der Waals surface area contributed by atoms with Gasteiger partial charge < -0.3 is 0 Å². The van der Waals surface area contributed by atoms with E-state index in [4.69, 9.17) is 16.9 Å². The van der Waals surface area contributed by atoms with E-state index >= 15 is 0 Å². The molecule has 4 nitrogen and oxygen atoms in total. The third kappa shape index (κ3) is 1.84. The van der Waals surface area contributed by atoms with Crippen molar-refractivity contribution in [3.05, 3.63) is 23.0 Å². The monoisotopic (exact) mass is 238 g/mol. The summed E-state index contributed by atoms with van der Waals surface area (Å²) in [4.78, 5) is 4.09. The lowest BCUT2D eigenvalue weighted by molar-refractivity contribution is 0.438. The van der Waals surface area contributed by atoms with Crippen molar-refractivity contribution in [2.24, 2.45) is 0 Å². The van der Waals surface area contributed by atoms with Crippen LogP contribution in [-0.2, 0) is 6.54 Å². The largest absolute Gasteiger partial charge is 0.251 e. The second-order valence-corrected chi connectivity index (χ2v) is 3.62. The van der Waals surface area contributed by atoms with Gasteiger partial charge in [0, 0.05) is 6.54 Å². The van der Waals surface area contributed by atoms with Crippen LogP contribution in [0.2, 0.25) is 5.15 Å². The van der Waals surface area contributed by atoms with Gasteiger partial charge in [-0.1, -0.05) is 11.6 Å². The van der Waals surface area contributed by atoms with Crippen LogP contribution in [0.5, 0.6) is 0 Å². The second kappa shape index (κ2) is 4.45. The molecule has 2 aromatic heterocycles. The topological polar surface area (TPSA) is 54.5 Å². The molecule has 0 radical (unpaired) electrons. The summed E-state index contributed by atoms with van der Waals surface area (Å²) in [5.41, 5.74) is 0.815. The Balaban J connectivity index is 2.56. The number of aryl methyl sites for hydroxylation is 1. The molecule has 6 heteroatoms. The molecule has 2 heterocycles. The predicted octanol–water partition coefficient (Wildman–Crippen LogP) is 2.32. The van der Waals surface area contributed by atoms with Gasteiger partial charge in [0.2, 0.25) is 0 Å². The third-order valence-corrected chi connectivity index (χ3v) is 2.38. The number of hydrogen-bond donors (Lipinski definition) is 0. The Hall–Kier alpha value is -1.67. The first-order valence-corrected chi connectivity index (χ1v) is 5.13. The van der Waals surface area contributed by atoms with E-state index < -0.39 is 6.67 Å². The van der Waals surface area contributed by atoms with Crippen LogP contribution in [0.3, 0.4) is 0 Å². The van der Waals surface area contributed by atoms with E-state index in [1.807, 2.05) is 6.07 Å². The number of nitriles is 1. The lowest BCUT2D eigenvalue weighted by Crippen LogP contribution is -2.02. The van der Waals surface area contributed by atoms with Crippen LogP contribution in [0, 0.1) is 11.3 Å².